The minimum Gasteiger partial charge on any atom is -0.379 e. The van der Waals surface area contributed by atoms with E-state index in [0.717, 1.165) is 50.5 Å². The van der Waals surface area contributed by atoms with Crippen LogP contribution in [0.15, 0.2) is 24.3 Å². The number of hydrogen-bond donors (Lipinski definition) is 1. The van der Waals surface area contributed by atoms with Gasteiger partial charge in [0.2, 0.25) is 11.8 Å². The van der Waals surface area contributed by atoms with Crippen molar-refractivity contribution in [3.8, 4) is 0 Å². The molecule has 0 radical (unpaired) electrons. The Kier molecular flexibility index (Phi) is 4.80. The molecule has 0 bridgehead atoms. The number of H-pyrrole nitrogens is 1. The van der Waals surface area contributed by atoms with Crippen molar-refractivity contribution in [3.05, 3.63) is 35.5 Å². The molecule has 0 unspecified atom stereocenters. The van der Waals surface area contributed by atoms with E-state index < -0.39 is 0 Å². The Morgan fingerprint density at radius 3 is 2.76 bits per heavy atom. The van der Waals surface area contributed by atoms with E-state index in [1.165, 1.54) is 10.9 Å². The smallest absolute Gasteiger partial charge is 0.246 e. The van der Waals surface area contributed by atoms with Crippen LogP contribution in [0.4, 0.5) is 0 Å². The molecule has 1 aromatic carbocycles. The fourth-order valence-corrected chi connectivity index (χ4v) is 5.13. The predicted octanol–water partition coefficient (Wildman–Crippen LogP) is 1.55. The molecule has 154 valence electrons. The van der Waals surface area contributed by atoms with Gasteiger partial charge in [0.25, 0.3) is 0 Å². The molecule has 5 rings (SSSR count). The zero-order valence-corrected chi connectivity index (χ0v) is 16.9. The number of rotatable bonds is 4. The highest BCUT2D eigenvalue weighted by atomic mass is 16.5. The summed E-state index contributed by atoms with van der Waals surface area (Å²) in [5.41, 5.74) is 3.33. The summed E-state index contributed by atoms with van der Waals surface area (Å²) in [6.45, 7) is 7.26. The van der Waals surface area contributed by atoms with Crippen LogP contribution < -0.4 is 0 Å². The number of aromatic nitrogens is 1. The van der Waals surface area contributed by atoms with Gasteiger partial charge >= 0.3 is 0 Å². The molecule has 1 aromatic heterocycles. The van der Waals surface area contributed by atoms with Gasteiger partial charge in [-0.15, -0.1) is 0 Å². The number of nitrogens with one attached hydrogen (secondary N) is 1. The maximum atomic E-state index is 13.3. The lowest BCUT2D eigenvalue weighted by Gasteiger charge is -2.46. The van der Waals surface area contributed by atoms with E-state index in [1.807, 2.05) is 19.1 Å². The minimum absolute atomic E-state index is 0.0535. The molecule has 7 heteroatoms. The normalized spacial score (nSPS) is 25.4. The number of fused-ring (bicyclic) bond motifs is 4. The molecule has 3 aliphatic heterocycles. The maximum Gasteiger partial charge on any atom is 0.246 e. The van der Waals surface area contributed by atoms with Crippen LogP contribution in [0.1, 0.15) is 30.6 Å². The second-order valence-electron chi connectivity index (χ2n) is 8.33. The molecular formula is C22H28N4O3. The van der Waals surface area contributed by atoms with Gasteiger partial charge in [0.15, 0.2) is 0 Å². The van der Waals surface area contributed by atoms with Crippen molar-refractivity contribution < 1.29 is 14.3 Å². The lowest BCUT2D eigenvalue weighted by atomic mass is 9.90. The first-order chi connectivity index (χ1) is 14.1. The van der Waals surface area contributed by atoms with Crippen molar-refractivity contribution in [2.75, 3.05) is 45.9 Å². The molecule has 2 atom stereocenters. The average Bonchev–Trinajstić information content (AvgIpc) is 3.11. The molecule has 2 amide bonds. The molecular weight excluding hydrogens is 368 g/mol. The summed E-state index contributed by atoms with van der Waals surface area (Å²) in [7, 11) is 0. The molecule has 7 nitrogen and oxygen atoms in total. The molecule has 2 saturated heterocycles. The summed E-state index contributed by atoms with van der Waals surface area (Å²) in [5.74, 6) is 0.145. The summed E-state index contributed by atoms with van der Waals surface area (Å²) < 4.78 is 5.39. The van der Waals surface area contributed by atoms with Gasteiger partial charge in [-0.05, 0) is 25.0 Å². The molecule has 4 heterocycles. The Labute approximate surface area is 170 Å². The second-order valence-corrected chi connectivity index (χ2v) is 8.33. The van der Waals surface area contributed by atoms with Crippen LogP contribution in [0.25, 0.3) is 10.9 Å². The summed E-state index contributed by atoms with van der Waals surface area (Å²) in [6.07, 6.45) is 1.48. The first-order valence-electron chi connectivity index (χ1n) is 10.6. The first-order valence-corrected chi connectivity index (χ1v) is 10.6. The van der Waals surface area contributed by atoms with Crippen molar-refractivity contribution in [2.45, 2.75) is 31.8 Å². The number of hydrogen-bond acceptors (Lipinski definition) is 4. The Balaban J connectivity index is 1.33. The molecule has 0 saturated carbocycles. The molecule has 2 aromatic rings. The molecule has 0 spiro atoms. The Hall–Kier alpha value is -2.38. The van der Waals surface area contributed by atoms with E-state index in [9.17, 15) is 9.59 Å². The second kappa shape index (κ2) is 7.46. The monoisotopic (exact) mass is 396 g/mol. The van der Waals surface area contributed by atoms with E-state index in [1.54, 1.807) is 9.80 Å². The van der Waals surface area contributed by atoms with E-state index in [-0.39, 0.29) is 30.4 Å². The van der Waals surface area contributed by atoms with Gasteiger partial charge < -0.3 is 19.5 Å². The van der Waals surface area contributed by atoms with Gasteiger partial charge in [-0.25, -0.2) is 0 Å². The molecule has 3 aliphatic rings. The quantitative estimate of drug-likeness (QED) is 0.851. The predicted molar refractivity (Wildman–Crippen MR) is 110 cm³/mol. The number of para-hydroxylation sites is 1. The van der Waals surface area contributed by atoms with Crippen molar-refractivity contribution in [1.29, 1.82) is 0 Å². The zero-order valence-electron chi connectivity index (χ0n) is 16.9. The van der Waals surface area contributed by atoms with E-state index in [4.69, 9.17) is 4.74 Å². The fraction of sp³-hybridized carbons (Fsp3) is 0.545. The Bertz CT molecular complexity index is 933. The van der Waals surface area contributed by atoms with E-state index >= 15 is 0 Å². The molecule has 1 N–H and O–H groups in total. The highest BCUT2D eigenvalue weighted by Gasteiger charge is 2.46. The van der Waals surface area contributed by atoms with Crippen LogP contribution in [0.2, 0.25) is 0 Å². The highest BCUT2D eigenvalue weighted by Crippen LogP contribution is 2.38. The Morgan fingerprint density at radius 1 is 1.14 bits per heavy atom. The number of ether oxygens (including phenoxy) is 1. The van der Waals surface area contributed by atoms with Crippen LogP contribution in [0, 0.1) is 0 Å². The van der Waals surface area contributed by atoms with Crippen LogP contribution in [-0.2, 0) is 20.7 Å². The van der Waals surface area contributed by atoms with Crippen molar-refractivity contribution in [1.82, 2.24) is 19.7 Å². The largest absolute Gasteiger partial charge is 0.379 e. The van der Waals surface area contributed by atoms with Gasteiger partial charge in [-0.3, -0.25) is 14.5 Å². The number of benzene rings is 1. The molecule has 29 heavy (non-hydrogen) atoms. The summed E-state index contributed by atoms with van der Waals surface area (Å²) in [5, 5.41) is 1.17. The topological polar surface area (TPSA) is 68.9 Å². The molecule has 2 fully saturated rings. The fourth-order valence-electron chi connectivity index (χ4n) is 5.13. The van der Waals surface area contributed by atoms with Gasteiger partial charge in [-0.1, -0.05) is 18.2 Å². The standard InChI is InChI=1S/C22H28N4O3/c1-15-21-17(16-5-2-3-6-18(16)23-21)13-19-22(28)25(14-20(27)26(15)19)8-4-7-24-9-11-29-12-10-24/h2-3,5-6,15,19,23H,4,7-14H2,1H3/t15-,19+/m1/s1. The summed E-state index contributed by atoms with van der Waals surface area (Å²) >= 11 is 0. The number of amides is 2. The summed E-state index contributed by atoms with van der Waals surface area (Å²) in [6, 6.07) is 7.70. The third-order valence-electron chi connectivity index (χ3n) is 6.63. The first kappa shape index (κ1) is 18.6. The lowest BCUT2D eigenvalue weighted by molar-refractivity contribution is -0.159. The average molecular weight is 396 g/mol. The number of piperazine rings is 1. The molecule has 0 aliphatic carbocycles. The van der Waals surface area contributed by atoms with Crippen LogP contribution in [0.5, 0.6) is 0 Å². The number of nitrogens with zero attached hydrogens (tertiary/aromatic N) is 3. The van der Waals surface area contributed by atoms with E-state index in [2.05, 4.69) is 22.0 Å². The van der Waals surface area contributed by atoms with Gasteiger partial charge in [0.05, 0.1) is 25.8 Å². The zero-order chi connectivity index (χ0) is 20.0. The SMILES string of the molecule is C[C@@H]1c2[nH]c3ccccc3c2C[C@H]2C(=O)N(CCCN3CCOCC3)CC(=O)N12. The van der Waals surface area contributed by atoms with Gasteiger partial charge in [-0.2, -0.15) is 0 Å². The number of carbonyl (C=O) groups excluding carboxylic acids is 2. The third-order valence-corrected chi connectivity index (χ3v) is 6.63. The number of carbonyl (C=O) groups is 2. The Morgan fingerprint density at radius 2 is 1.93 bits per heavy atom. The minimum atomic E-state index is -0.388. The van der Waals surface area contributed by atoms with E-state index in [0.29, 0.717) is 13.0 Å². The van der Waals surface area contributed by atoms with Crippen LogP contribution in [0.3, 0.4) is 0 Å². The maximum absolute atomic E-state index is 13.3. The number of morpholine rings is 1. The van der Waals surface area contributed by atoms with Crippen molar-refractivity contribution >= 4 is 22.7 Å². The summed E-state index contributed by atoms with van der Waals surface area (Å²) in [4.78, 5) is 35.7. The van der Waals surface area contributed by atoms with Crippen LogP contribution >= 0.6 is 0 Å². The van der Waals surface area contributed by atoms with Crippen molar-refractivity contribution in [3.63, 3.8) is 0 Å². The van der Waals surface area contributed by atoms with Gasteiger partial charge in [0, 0.05) is 49.2 Å². The van der Waals surface area contributed by atoms with Crippen LogP contribution in [-0.4, -0.2) is 83.5 Å². The number of aromatic amines is 1. The third kappa shape index (κ3) is 3.22. The van der Waals surface area contributed by atoms with Gasteiger partial charge in [0.1, 0.15) is 6.04 Å². The highest BCUT2D eigenvalue weighted by molar-refractivity contribution is 5.97. The van der Waals surface area contributed by atoms with Crippen molar-refractivity contribution in [2.24, 2.45) is 0 Å². The lowest BCUT2D eigenvalue weighted by Crippen LogP contribution is -2.62.